The molecule has 0 spiro atoms. The SMILES string of the molecule is CN1P(F)(F)(F)N(C)P1(F)(F)NNc1ccccc1. The summed E-state index contributed by atoms with van der Waals surface area (Å²) in [6, 6.07) is 7.75. The number of hydrazine groups is 1. The summed E-state index contributed by atoms with van der Waals surface area (Å²) < 4.78 is 66.9. The van der Waals surface area contributed by atoms with Crippen LogP contribution in [0.1, 0.15) is 0 Å². The summed E-state index contributed by atoms with van der Waals surface area (Å²) in [5.41, 5.74) is 2.40. The third kappa shape index (κ3) is 1.92. The molecule has 0 radical (unpaired) electrons. The van der Waals surface area contributed by atoms with Crippen molar-refractivity contribution in [2.45, 2.75) is 0 Å². The van der Waals surface area contributed by atoms with Crippen molar-refractivity contribution in [2.24, 2.45) is 0 Å². The first-order valence-electron chi connectivity index (χ1n) is 5.17. The number of nitrogens with zero attached hydrogens (tertiary/aromatic N) is 2. The van der Waals surface area contributed by atoms with Crippen LogP contribution in [0, 0.1) is 0 Å². The predicted octanol–water partition coefficient (Wildman–Crippen LogP) is 4.58. The quantitative estimate of drug-likeness (QED) is 0.484. The van der Waals surface area contributed by atoms with Crippen LogP contribution >= 0.6 is 15.5 Å². The molecule has 0 atom stereocenters. The van der Waals surface area contributed by atoms with Crippen LogP contribution in [0.25, 0.3) is 0 Å². The fourth-order valence-electron chi connectivity index (χ4n) is 1.65. The molecule has 1 aliphatic heterocycles. The fourth-order valence-corrected chi connectivity index (χ4v) is 8.04. The minimum absolute atomic E-state index is 0.257. The maximum atomic E-state index is 14.3. The van der Waals surface area contributed by atoms with Crippen LogP contribution in [0.3, 0.4) is 0 Å². The van der Waals surface area contributed by atoms with Crippen LogP contribution in [0.4, 0.5) is 26.7 Å². The zero-order chi connectivity index (χ0) is 14.6. The van der Waals surface area contributed by atoms with Crippen molar-refractivity contribution in [3.05, 3.63) is 30.3 Å². The second-order valence-corrected chi connectivity index (χ2v) is 10.5. The Morgan fingerprint density at radius 2 is 1.37 bits per heavy atom. The molecule has 0 saturated carbocycles. The molecule has 0 aliphatic carbocycles. The van der Waals surface area contributed by atoms with Crippen molar-refractivity contribution in [3.8, 4) is 0 Å². The Bertz CT molecular complexity index is 487. The number of benzene rings is 1. The summed E-state index contributed by atoms with van der Waals surface area (Å²) in [7, 11) is -12.7. The van der Waals surface area contributed by atoms with E-state index in [9.17, 15) is 21.0 Å². The molecule has 4 nitrogen and oxygen atoms in total. The standard InChI is InChI=1S/C8H13F5N4P2/c1-16-18(9,10,11)17(2)19(16,12,13)15-14-8-6-4-3-5-7-8/h3-7,14-15H,1-2H3. The Hall–Kier alpha value is -0.590. The topological polar surface area (TPSA) is 30.5 Å². The first-order valence-corrected chi connectivity index (χ1v) is 8.91. The van der Waals surface area contributed by atoms with E-state index in [1.807, 2.05) is 0 Å². The van der Waals surface area contributed by atoms with Gasteiger partial charge in [-0.25, -0.2) is 0 Å². The number of para-hydroxylation sites is 1. The average Bonchev–Trinajstić information content (AvgIpc) is 2.36. The van der Waals surface area contributed by atoms with E-state index in [1.165, 1.54) is 12.1 Å². The van der Waals surface area contributed by atoms with Crippen LogP contribution < -0.4 is 10.6 Å². The molecule has 1 aromatic rings. The van der Waals surface area contributed by atoms with Crippen molar-refractivity contribution in [2.75, 3.05) is 19.5 Å². The van der Waals surface area contributed by atoms with E-state index < -0.39 is 24.4 Å². The van der Waals surface area contributed by atoms with E-state index in [0.29, 0.717) is 14.1 Å². The normalized spacial score (nSPS) is 31.9. The van der Waals surface area contributed by atoms with Crippen LogP contribution in [0.2, 0.25) is 0 Å². The van der Waals surface area contributed by atoms with Crippen LogP contribution in [-0.4, -0.2) is 23.0 Å². The molecule has 0 unspecified atom stereocenters. The Morgan fingerprint density at radius 1 is 0.895 bits per heavy atom. The molecule has 1 saturated heterocycles. The van der Waals surface area contributed by atoms with Gasteiger partial charge in [0.2, 0.25) is 0 Å². The Kier molecular flexibility index (Phi) is 2.91. The summed E-state index contributed by atoms with van der Waals surface area (Å²) >= 11 is 0. The number of anilines is 1. The maximum absolute atomic E-state index is 14.3. The molecule has 2 N–H and O–H groups in total. The molecule has 110 valence electrons. The van der Waals surface area contributed by atoms with Crippen molar-refractivity contribution in [3.63, 3.8) is 0 Å². The molecule has 1 aliphatic rings. The first-order chi connectivity index (χ1) is 8.46. The number of halogens is 5. The first kappa shape index (κ1) is 14.8. The summed E-state index contributed by atoms with van der Waals surface area (Å²) in [6.07, 6.45) is 0. The molecular formula is C8H13F5N4P2. The number of rotatable bonds is 3. The van der Waals surface area contributed by atoms with E-state index in [2.05, 4.69) is 5.43 Å². The van der Waals surface area contributed by atoms with Crippen LogP contribution in [0.5, 0.6) is 0 Å². The van der Waals surface area contributed by atoms with Gasteiger partial charge in [0, 0.05) is 0 Å². The van der Waals surface area contributed by atoms with Crippen molar-refractivity contribution < 1.29 is 21.0 Å². The third-order valence-corrected chi connectivity index (χ3v) is 10.9. The summed E-state index contributed by atoms with van der Waals surface area (Å²) in [4.78, 5) is 0. The van der Waals surface area contributed by atoms with Gasteiger partial charge in [-0.2, -0.15) is 0 Å². The van der Waals surface area contributed by atoms with Gasteiger partial charge in [0.15, 0.2) is 0 Å². The van der Waals surface area contributed by atoms with E-state index in [4.69, 9.17) is 0 Å². The Balaban J connectivity index is 2.20. The molecule has 19 heavy (non-hydrogen) atoms. The van der Waals surface area contributed by atoms with E-state index in [-0.39, 0.29) is 5.69 Å². The van der Waals surface area contributed by atoms with Gasteiger partial charge in [-0.05, 0) is 0 Å². The molecule has 1 fully saturated rings. The zero-order valence-corrected chi connectivity index (χ0v) is 11.9. The van der Waals surface area contributed by atoms with Gasteiger partial charge in [-0.3, -0.25) is 0 Å². The summed E-state index contributed by atoms with van der Waals surface area (Å²) in [5, 5.41) is 1.58. The molecule has 11 heteroatoms. The number of hydrogen-bond donors (Lipinski definition) is 2. The zero-order valence-electron chi connectivity index (χ0n) is 10.1. The fraction of sp³-hybridized carbons (Fsp3) is 0.250. The van der Waals surface area contributed by atoms with Crippen LogP contribution in [-0.2, 0) is 0 Å². The van der Waals surface area contributed by atoms with Crippen LogP contribution in [0.15, 0.2) is 30.3 Å². The minimum atomic E-state index is -7.10. The van der Waals surface area contributed by atoms with Gasteiger partial charge in [-0.1, -0.05) is 0 Å². The molecule has 1 aromatic carbocycles. The van der Waals surface area contributed by atoms with Gasteiger partial charge in [-0.15, -0.1) is 0 Å². The van der Waals surface area contributed by atoms with Crippen molar-refractivity contribution in [1.82, 2.24) is 14.1 Å². The van der Waals surface area contributed by atoms with Gasteiger partial charge >= 0.3 is 106 Å². The monoisotopic (exact) mass is 322 g/mol. The van der Waals surface area contributed by atoms with Crippen molar-refractivity contribution in [1.29, 1.82) is 0 Å². The molecule has 0 aromatic heterocycles. The van der Waals surface area contributed by atoms with Crippen molar-refractivity contribution >= 4 is 21.2 Å². The Labute approximate surface area is 107 Å². The second kappa shape index (κ2) is 3.74. The molecule has 0 bridgehead atoms. The second-order valence-electron chi connectivity index (χ2n) is 4.14. The summed E-state index contributed by atoms with van der Waals surface area (Å²) in [5.74, 6) is 0. The Morgan fingerprint density at radius 3 is 1.84 bits per heavy atom. The molecule has 0 amide bonds. The van der Waals surface area contributed by atoms with E-state index >= 15 is 0 Å². The van der Waals surface area contributed by atoms with Gasteiger partial charge in [0.25, 0.3) is 0 Å². The summed E-state index contributed by atoms with van der Waals surface area (Å²) in [6.45, 7) is 0. The predicted molar refractivity (Wildman–Crippen MR) is 68.1 cm³/mol. The third-order valence-electron chi connectivity index (χ3n) is 3.06. The van der Waals surface area contributed by atoms with Gasteiger partial charge < -0.3 is 0 Å². The van der Waals surface area contributed by atoms with Gasteiger partial charge in [0.05, 0.1) is 0 Å². The molecule has 2 rings (SSSR count). The molecule has 1 heterocycles. The number of nitrogens with one attached hydrogen (secondary N) is 2. The average molecular weight is 322 g/mol. The number of hydrogen-bond acceptors (Lipinski definition) is 4. The van der Waals surface area contributed by atoms with E-state index in [1.54, 1.807) is 23.4 Å². The van der Waals surface area contributed by atoms with E-state index in [0.717, 1.165) is 0 Å². The van der Waals surface area contributed by atoms with Gasteiger partial charge in [0.1, 0.15) is 0 Å². The molecular weight excluding hydrogens is 309 g/mol.